The Labute approximate surface area is 117 Å². The van der Waals surface area contributed by atoms with E-state index in [1.807, 2.05) is 0 Å². The van der Waals surface area contributed by atoms with E-state index in [1.54, 1.807) is 24.3 Å². The van der Waals surface area contributed by atoms with Gasteiger partial charge in [-0.15, -0.1) is 0 Å². The first-order valence-electron chi connectivity index (χ1n) is 5.66. The largest absolute Gasteiger partial charge is 0.477 e. The molecule has 0 saturated carbocycles. The van der Waals surface area contributed by atoms with Crippen LogP contribution in [0.5, 0.6) is 0 Å². The van der Waals surface area contributed by atoms with E-state index < -0.39 is 5.97 Å². The van der Waals surface area contributed by atoms with E-state index in [0.717, 1.165) is 0 Å². The van der Waals surface area contributed by atoms with Crippen LogP contribution in [0.2, 0.25) is 5.02 Å². The normalized spacial score (nSPS) is 10.8. The molecule has 2 aromatic heterocycles. The van der Waals surface area contributed by atoms with Crippen LogP contribution in [-0.4, -0.2) is 25.6 Å². The summed E-state index contributed by atoms with van der Waals surface area (Å²) in [5.74, 6) is -1.14. The summed E-state index contributed by atoms with van der Waals surface area (Å²) < 4.78 is 1.41. The number of carboxylic acid groups (broad SMARTS) is 1. The molecule has 6 nitrogen and oxygen atoms in total. The fourth-order valence-corrected chi connectivity index (χ4v) is 2.16. The number of H-pyrrole nitrogens is 1. The van der Waals surface area contributed by atoms with Gasteiger partial charge >= 0.3 is 5.97 Å². The van der Waals surface area contributed by atoms with E-state index in [4.69, 9.17) is 11.6 Å². The fourth-order valence-electron chi connectivity index (χ4n) is 2.03. The second-order valence-corrected chi connectivity index (χ2v) is 4.55. The third kappa shape index (κ3) is 1.86. The van der Waals surface area contributed by atoms with Gasteiger partial charge in [0.15, 0.2) is 5.65 Å². The number of hydrogen-bond donors (Lipinski definition) is 2. The molecule has 0 spiro atoms. The maximum absolute atomic E-state index is 11.7. The number of aromatic carboxylic acids is 1. The second kappa shape index (κ2) is 4.50. The summed E-state index contributed by atoms with van der Waals surface area (Å²) in [7, 11) is 0. The molecule has 0 aliphatic rings. The number of carbonyl (C=O) groups is 1. The van der Waals surface area contributed by atoms with Crippen LogP contribution in [0.1, 0.15) is 10.5 Å². The lowest BCUT2D eigenvalue weighted by Gasteiger charge is -2.07. The minimum Gasteiger partial charge on any atom is -0.477 e. The zero-order valence-corrected chi connectivity index (χ0v) is 10.8. The van der Waals surface area contributed by atoms with Gasteiger partial charge in [0.05, 0.1) is 11.7 Å². The number of nitrogens with zero attached hydrogens (tertiary/aromatic N) is 2. The Morgan fingerprint density at radius 2 is 2.00 bits per heavy atom. The SMILES string of the molecule is O=C(O)c1cc2c(=O)[nH]cnc2n1-c1ccc(Cl)cc1. The molecule has 0 radical (unpaired) electrons. The van der Waals surface area contributed by atoms with E-state index in [-0.39, 0.29) is 22.3 Å². The highest BCUT2D eigenvalue weighted by Gasteiger charge is 2.18. The lowest BCUT2D eigenvalue weighted by Crippen LogP contribution is -2.08. The molecule has 0 aliphatic heterocycles. The lowest BCUT2D eigenvalue weighted by atomic mass is 10.3. The van der Waals surface area contributed by atoms with Crippen molar-refractivity contribution in [2.24, 2.45) is 0 Å². The number of nitrogens with one attached hydrogen (secondary N) is 1. The van der Waals surface area contributed by atoms with Crippen LogP contribution in [0.15, 0.2) is 41.5 Å². The smallest absolute Gasteiger partial charge is 0.352 e. The van der Waals surface area contributed by atoms with Crippen molar-refractivity contribution >= 4 is 28.6 Å². The van der Waals surface area contributed by atoms with Gasteiger partial charge in [0.2, 0.25) is 0 Å². The van der Waals surface area contributed by atoms with Gasteiger partial charge in [0.25, 0.3) is 5.56 Å². The first-order valence-corrected chi connectivity index (χ1v) is 6.04. The Morgan fingerprint density at radius 1 is 1.30 bits per heavy atom. The van der Waals surface area contributed by atoms with Crippen molar-refractivity contribution < 1.29 is 9.90 Å². The molecular weight excluding hydrogens is 282 g/mol. The number of carboxylic acids is 1. The van der Waals surface area contributed by atoms with Crippen LogP contribution in [0, 0.1) is 0 Å². The highest BCUT2D eigenvalue weighted by Crippen LogP contribution is 2.22. The van der Waals surface area contributed by atoms with E-state index in [1.165, 1.54) is 17.0 Å². The Kier molecular flexibility index (Phi) is 2.80. The van der Waals surface area contributed by atoms with Crippen LogP contribution in [0.3, 0.4) is 0 Å². The third-order valence-corrected chi connectivity index (χ3v) is 3.16. The summed E-state index contributed by atoms with van der Waals surface area (Å²) >= 11 is 5.82. The summed E-state index contributed by atoms with van der Waals surface area (Å²) in [5, 5.41) is 10.0. The Bertz CT molecular complexity index is 865. The fraction of sp³-hybridized carbons (Fsp3) is 0. The van der Waals surface area contributed by atoms with Crippen LogP contribution >= 0.6 is 11.6 Å². The highest BCUT2D eigenvalue weighted by atomic mass is 35.5. The standard InChI is InChI=1S/C13H8ClN3O3/c14-7-1-3-8(4-2-7)17-10(13(19)20)5-9-11(17)15-6-16-12(9)18/h1-6H,(H,19,20)(H,15,16,18). The van der Waals surface area contributed by atoms with Crippen molar-refractivity contribution in [3.8, 4) is 5.69 Å². The minimum absolute atomic E-state index is 0.0356. The molecule has 0 fully saturated rings. The molecule has 0 bridgehead atoms. The van der Waals surface area contributed by atoms with Crippen LogP contribution in [0.25, 0.3) is 16.7 Å². The molecule has 0 amide bonds. The van der Waals surface area contributed by atoms with E-state index in [9.17, 15) is 14.7 Å². The number of hydrogen-bond acceptors (Lipinski definition) is 3. The second-order valence-electron chi connectivity index (χ2n) is 4.12. The summed E-state index contributed by atoms with van der Waals surface area (Å²) in [6, 6.07) is 7.91. The summed E-state index contributed by atoms with van der Waals surface area (Å²) in [6.07, 6.45) is 1.24. The van der Waals surface area contributed by atoms with Crippen LogP contribution in [0.4, 0.5) is 0 Å². The Hall–Kier alpha value is -2.60. The van der Waals surface area contributed by atoms with Crippen molar-refractivity contribution in [3.63, 3.8) is 0 Å². The quantitative estimate of drug-likeness (QED) is 0.756. The predicted octanol–water partition coefficient (Wildman–Crippen LogP) is 2.07. The predicted molar refractivity (Wildman–Crippen MR) is 73.7 cm³/mol. The van der Waals surface area contributed by atoms with Gasteiger partial charge < -0.3 is 10.1 Å². The van der Waals surface area contributed by atoms with Gasteiger partial charge in [-0.25, -0.2) is 9.78 Å². The average molecular weight is 290 g/mol. The van der Waals surface area contributed by atoms with Crippen molar-refractivity contribution in [3.05, 3.63) is 57.7 Å². The Morgan fingerprint density at radius 3 is 2.65 bits per heavy atom. The molecule has 1 aromatic carbocycles. The van der Waals surface area contributed by atoms with Gasteiger partial charge in [-0.2, -0.15) is 0 Å². The summed E-state index contributed by atoms with van der Waals surface area (Å²) in [5.41, 5.74) is 0.435. The minimum atomic E-state index is -1.14. The maximum Gasteiger partial charge on any atom is 0.352 e. The molecule has 0 atom stereocenters. The van der Waals surface area contributed by atoms with Crippen molar-refractivity contribution in [2.75, 3.05) is 0 Å². The van der Waals surface area contributed by atoms with Crippen molar-refractivity contribution in [2.45, 2.75) is 0 Å². The number of aromatic nitrogens is 3. The van der Waals surface area contributed by atoms with Crippen molar-refractivity contribution in [1.82, 2.24) is 14.5 Å². The molecule has 100 valence electrons. The topological polar surface area (TPSA) is 88.0 Å². The molecule has 3 rings (SSSR count). The number of aromatic amines is 1. The number of halogens is 1. The van der Waals surface area contributed by atoms with Gasteiger partial charge in [0, 0.05) is 10.7 Å². The molecule has 2 N–H and O–H groups in total. The number of benzene rings is 1. The first-order chi connectivity index (χ1) is 9.58. The molecule has 20 heavy (non-hydrogen) atoms. The molecule has 0 saturated heterocycles. The highest BCUT2D eigenvalue weighted by molar-refractivity contribution is 6.30. The molecule has 7 heteroatoms. The molecule has 0 unspecified atom stereocenters. The monoisotopic (exact) mass is 289 g/mol. The van der Waals surface area contributed by atoms with Crippen LogP contribution in [-0.2, 0) is 0 Å². The summed E-state index contributed by atoms with van der Waals surface area (Å²) in [6.45, 7) is 0. The van der Waals surface area contributed by atoms with Crippen molar-refractivity contribution in [1.29, 1.82) is 0 Å². The Balaban J connectivity index is 2.41. The molecule has 3 aromatic rings. The molecule has 0 aliphatic carbocycles. The van der Waals surface area contributed by atoms with Gasteiger partial charge in [-0.3, -0.25) is 9.36 Å². The van der Waals surface area contributed by atoms with E-state index in [0.29, 0.717) is 10.7 Å². The van der Waals surface area contributed by atoms with E-state index in [2.05, 4.69) is 9.97 Å². The van der Waals surface area contributed by atoms with Gasteiger partial charge in [-0.05, 0) is 30.3 Å². The lowest BCUT2D eigenvalue weighted by molar-refractivity contribution is 0.0688. The maximum atomic E-state index is 11.7. The molecule has 2 heterocycles. The van der Waals surface area contributed by atoms with Gasteiger partial charge in [-0.1, -0.05) is 11.6 Å². The first kappa shape index (κ1) is 12.4. The zero-order chi connectivity index (χ0) is 14.3. The number of rotatable bonds is 2. The van der Waals surface area contributed by atoms with Gasteiger partial charge in [0.1, 0.15) is 5.69 Å². The molecular formula is C13H8ClN3O3. The summed E-state index contributed by atoms with van der Waals surface area (Å²) in [4.78, 5) is 29.6. The average Bonchev–Trinajstić information content (AvgIpc) is 2.81. The number of fused-ring (bicyclic) bond motifs is 1. The van der Waals surface area contributed by atoms with E-state index >= 15 is 0 Å². The third-order valence-electron chi connectivity index (χ3n) is 2.91. The zero-order valence-electron chi connectivity index (χ0n) is 10.0. The van der Waals surface area contributed by atoms with Crippen LogP contribution < -0.4 is 5.56 Å².